The van der Waals surface area contributed by atoms with E-state index in [9.17, 15) is 4.79 Å². The minimum absolute atomic E-state index is 0.0954. The van der Waals surface area contributed by atoms with Crippen LogP contribution in [0.3, 0.4) is 0 Å². The van der Waals surface area contributed by atoms with Gasteiger partial charge in [0, 0.05) is 12.1 Å². The predicted molar refractivity (Wildman–Crippen MR) is 75.9 cm³/mol. The average Bonchev–Trinajstić information content (AvgIpc) is 2.45. The summed E-state index contributed by atoms with van der Waals surface area (Å²) in [6.07, 6.45) is 3.69. The lowest BCUT2D eigenvalue weighted by Crippen LogP contribution is -2.24. The van der Waals surface area contributed by atoms with Gasteiger partial charge < -0.3 is 14.8 Å². The van der Waals surface area contributed by atoms with Gasteiger partial charge in [0.15, 0.2) is 11.5 Å². The molecule has 1 aromatic rings. The molecule has 104 valence electrons. The molecule has 1 rings (SSSR count). The molecule has 0 aromatic heterocycles. The second-order valence-corrected chi connectivity index (χ2v) is 4.07. The van der Waals surface area contributed by atoms with E-state index in [4.69, 9.17) is 9.47 Å². The van der Waals surface area contributed by atoms with Gasteiger partial charge in [-0.1, -0.05) is 26.0 Å². The maximum absolute atomic E-state index is 11.9. The third kappa shape index (κ3) is 4.66. The molecule has 1 aromatic carbocycles. The Balaban J connectivity index is 2.75. The molecule has 4 nitrogen and oxygen atoms in total. The van der Waals surface area contributed by atoms with Gasteiger partial charge in [0.2, 0.25) is 0 Å². The Morgan fingerprint density at radius 1 is 1.42 bits per heavy atom. The first-order chi connectivity index (χ1) is 9.22. The summed E-state index contributed by atoms with van der Waals surface area (Å²) in [5.74, 6) is 1.06. The van der Waals surface area contributed by atoms with Crippen molar-refractivity contribution >= 4 is 5.91 Å². The Morgan fingerprint density at radius 3 is 2.84 bits per heavy atom. The Labute approximate surface area is 114 Å². The van der Waals surface area contributed by atoms with Crippen molar-refractivity contribution in [3.8, 4) is 11.5 Å². The van der Waals surface area contributed by atoms with Crippen molar-refractivity contribution < 1.29 is 14.3 Å². The van der Waals surface area contributed by atoms with Crippen LogP contribution in [-0.2, 0) is 0 Å². The summed E-state index contributed by atoms with van der Waals surface area (Å²) in [5, 5.41) is 2.86. The summed E-state index contributed by atoms with van der Waals surface area (Å²) in [6, 6.07) is 5.14. The van der Waals surface area contributed by atoms with E-state index in [0.29, 0.717) is 30.2 Å². The van der Waals surface area contributed by atoms with Gasteiger partial charge in [0.25, 0.3) is 5.91 Å². The number of unbranched alkanes of at least 4 members (excludes halogenated alkanes) is 1. The summed E-state index contributed by atoms with van der Waals surface area (Å²) >= 11 is 0. The zero-order chi connectivity index (χ0) is 14.1. The first kappa shape index (κ1) is 15.1. The number of benzene rings is 1. The van der Waals surface area contributed by atoms with E-state index >= 15 is 0 Å². The summed E-state index contributed by atoms with van der Waals surface area (Å²) in [5.41, 5.74) is 0.568. The van der Waals surface area contributed by atoms with Crippen molar-refractivity contribution in [2.24, 2.45) is 0 Å². The first-order valence-electron chi connectivity index (χ1n) is 6.42. The number of rotatable bonds is 8. The van der Waals surface area contributed by atoms with Crippen molar-refractivity contribution in [1.29, 1.82) is 0 Å². The quantitative estimate of drug-likeness (QED) is 0.579. The highest BCUT2D eigenvalue weighted by atomic mass is 16.5. The summed E-state index contributed by atoms with van der Waals surface area (Å²) in [7, 11) is 1.55. The lowest BCUT2D eigenvalue weighted by atomic mass is 10.2. The van der Waals surface area contributed by atoms with Gasteiger partial charge in [0.05, 0.1) is 7.11 Å². The van der Waals surface area contributed by atoms with Crippen LogP contribution in [-0.4, -0.2) is 26.2 Å². The molecular weight excluding hydrogens is 242 g/mol. The maximum atomic E-state index is 11.9. The van der Waals surface area contributed by atoms with Gasteiger partial charge in [-0.3, -0.25) is 4.79 Å². The molecule has 0 radical (unpaired) electrons. The monoisotopic (exact) mass is 263 g/mol. The Kier molecular flexibility index (Phi) is 6.50. The fourth-order valence-corrected chi connectivity index (χ4v) is 1.56. The fourth-order valence-electron chi connectivity index (χ4n) is 1.56. The summed E-state index contributed by atoms with van der Waals surface area (Å²) < 4.78 is 10.7. The lowest BCUT2D eigenvalue weighted by Gasteiger charge is -2.11. The van der Waals surface area contributed by atoms with Crippen molar-refractivity contribution in [1.82, 2.24) is 5.32 Å². The van der Waals surface area contributed by atoms with Crippen molar-refractivity contribution in [3.63, 3.8) is 0 Å². The number of ether oxygens (including phenoxy) is 2. The van der Waals surface area contributed by atoms with Gasteiger partial charge in [-0.15, -0.1) is 0 Å². The molecule has 0 aliphatic rings. The summed E-state index contributed by atoms with van der Waals surface area (Å²) in [6.45, 7) is 6.76. The van der Waals surface area contributed by atoms with Crippen LogP contribution in [0.15, 0.2) is 30.9 Å². The largest absolute Gasteiger partial charge is 0.493 e. The van der Waals surface area contributed by atoms with Crippen LogP contribution >= 0.6 is 0 Å². The number of carbonyl (C=O) groups excluding carboxylic acids is 1. The van der Waals surface area contributed by atoms with E-state index in [-0.39, 0.29) is 5.91 Å². The van der Waals surface area contributed by atoms with Crippen LogP contribution in [0.25, 0.3) is 0 Å². The second kappa shape index (κ2) is 8.19. The molecule has 0 aliphatic heterocycles. The Bertz CT molecular complexity index is 429. The van der Waals surface area contributed by atoms with Crippen molar-refractivity contribution in [3.05, 3.63) is 36.4 Å². The van der Waals surface area contributed by atoms with Crippen molar-refractivity contribution in [2.45, 2.75) is 19.8 Å². The van der Waals surface area contributed by atoms with Crippen LogP contribution in [0, 0.1) is 0 Å². The standard InChI is InChI=1S/C15H21NO3/c1-4-6-9-16-15(17)12-7-8-13(19-10-5-2)14(11-12)18-3/h5,7-8,11H,2,4,6,9-10H2,1,3H3,(H,16,17). The van der Waals surface area contributed by atoms with Crippen LogP contribution in [0.2, 0.25) is 0 Å². The Morgan fingerprint density at radius 2 is 2.21 bits per heavy atom. The molecular formula is C15H21NO3. The van der Waals surface area contributed by atoms with Crippen LogP contribution < -0.4 is 14.8 Å². The predicted octanol–water partition coefficient (Wildman–Crippen LogP) is 2.79. The molecule has 1 N–H and O–H groups in total. The van der Waals surface area contributed by atoms with Gasteiger partial charge in [0.1, 0.15) is 6.61 Å². The van der Waals surface area contributed by atoms with E-state index in [2.05, 4.69) is 18.8 Å². The SMILES string of the molecule is C=CCOc1ccc(C(=O)NCCCC)cc1OC. The molecule has 0 spiro atoms. The van der Waals surface area contributed by atoms with E-state index in [1.807, 2.05) is 0 Å². The number of amides is 1. The normalized spacial score (nSPS) is 9.79. The zero-order valence-electron chi connectivity index (χ0n) is 11.6. The highest BCUT2D eigenvalue weighted by Gasteiger charge is 2.10. The number of carbonyl (C=O) groups is 1. The highest BCUT2D eigenvalue weighted by molar-refractivity contribution is 5.94. The van der Waals surface area contributed by atoms with Crippen molar-refractivity contribution in [2.75, 3.05) is 20.3 Å². The lowest BCUT2D eigenvalue weighted by molar-refractivity contribution is 0.0952. The molecule has 0 atom stereocenters. The van der Waals surface area contributed by atoms with Gasteiger partial charge in [-0.2, -0.15) is 0 Å². The molecule has 0 aliphatic carbocycles. The molecule has 0 unspecified atom stereocenters. The number of hydrogen-bond acceptors (Lipinski definition) is 3. The van der Waals surface area contributed by atoms with Crippen LogP contribution in [0.1, 0.15) is 30.1 Å². The van der Waals surface area contributed by atoms with Gasteiger partial charge in [-0.05, 0) is 24.6 Å². The van der Waals surface area contributed by atoms with Crippen LogP contribution in [0.4, 0.5) is 0 Å². The summed E-state index contributed by atoms with van der Waals surface area (Å²) in [4.78, 5) is 11.9. The van der Waals surface area contributed by atoms with E-state index < -0.39 is 0 Å². The minimum atomic E-state index is -0.0954. The molecule has 0 bridgehead atoms. The Hall–Kier alpha value is -1.97. The number of hydrogen-bond donors (Lipinski definition) is 1. The third-order valence-corrected chi connectivity index (χ3v) is 2.60. The molecule has 0 saturated carbocycles. The molecule has 19 heavy (non-hydrogen) atoms. The van der Waals surface area contributed by atoms with Gasteiger partial charge >= 0.3 is 0 Å². The highest BCUT2D eigenvalue weighted by Crippen LogP contribution is 2.28. The molecule has 0 fully saturated rings. The smallest absolute Gasteiger partial charge is 0.251 e. The van der Waals surface area contributed by atoms with Gasteiger partial charge in [-0.25, -0.2) is 0 Å². The van der Waals surface area contributed by atoms with E-state index in [1.54, 1.807) is 31.4 Å². The fraction of sp³-hybridized carbons (Fsp3) is 0.400. The zero-order valence-corrected chi connectivity index (χ0v) is 11.6. The van der Waals surface area contributed by atoms with Crippen LogP contribution in [0.5, 0.6) is 11.5 Å². The number of nitrogens with one attached hydrogen (secondary N) is 1. The molecule has 0 saturated heterocycles. The maximum Gasteiger partial charge on any atom is 0.251 e. The second-order valence-electron chi connectivity index (χ2n) is 4.07. The van der Waals surface area contributed by atoms with E-state index in [1.165, 1.54) is 0 Å². The number of methoxy groups -OCH3 is 1. The molecule has 4 heteroatoms. The minimum Gasteiger partial charge on any atom is -0.493 e. The third-order valence-electron chi connectivity index (χ3n) is 2.60. The average molecular weight is 263 g/mol. The topological polar surface area (TPSA) is 47.6 Å². The molecule has 0 heterocycles. The first-order valence-corrected chi connectivity index (χ1v) is 6.42. The van der Waals surface area contributed by atoms with E-state index in [0.717, 1.165) is 12.8 Å². The molecule has 1 amide bonds.